The lowest BCUT2D eigenvalue weighted by molar-refractivity contribution is 0.262. The maximum atomic E-state index is 5.70. The third kappa shape index (κ3) is 3.24. The molecule has 1 N–H and O–H groups in total. The molecule has 5 nitrogen and oxygen atoms in total. The molecule has 1 saturated heterocycles. The molecule has 1 aliphatic heterocycles. The maximum Gasteiger partial charge on any atom is 0.170 e. The SMILES string of the molecule is COc1cccc(-n2cccc2[C@H]2[C@H](c3ccccn3)NC(=S)N2C(C)C)c1. The number of nitrogens with one attached hydrogen (secondary N) is 1. The normalized spacial score (nSPS) is 19.1. The van der Waals surface area contributed by atoms with Gasteiger partial charge in [-0.3, -0.25) is 4.98 Å². The number of rotatable bonds is 5. The van der Waals surface area contributed by atoms with E-state index in [1.54, 1.807) is 7.11 Å². The van der Waals surface area contributed by atoms with E-state index in [1.807, 2.05) is 36.5 Å². The van der Waals surface area contributed by atoms with Gasteiger partial charge in [-0.1, -0.05) is 12.1 Å². The molecule has 6 heteroatoms. The fourth-order valence-corrected chi connectivity index (χ4v) is 4.32. The van der Waals surface area contributed by atoms with Crippen molar-refractivity contribution in [1.82, 2.24) is 19.8 Å². The summed E-state index contributed by atoms with van der Waals surface area (Å²) in [6, 6.07) is 18.6. The summed E-state index contributed by atoms with van der Waals surface area (Å²) in [7, 11) is 1.69. The van der Waals surface area contributed by atoms with Crippen molar-refractivity contribution in [3.63, 3.8) is 0 Å². The molecule has 0 saturated carbocycles. The second-order valence-electron chi connectivity index (χ2n) is 7.13. The van der Waals surface area contributed by atoms with Crippen LogP contribution in [0.4, 0.5) is 0 Å². The highest BCUT2D eigenvalue weighted by atomic mass is 32.1. The van der Waals surface area contributed by atoms with Crippen LogP contribution in [0.5, 0.6) is 5.75 Å². The summed E-state index contributed by atoms with van der Waals surface area (Å²) in [5.74, 6) is 0.833. The zero-order valence-electron chi connectivity index (χ0n) is 16.2. The highest BCUT2D eigenvalue weighted by molar-refractivity contribution is 7.80. The van der Waals surface area contributed by atoms with E-state index in [0.717, 1.165) is 27.9 Å². The van der Waals surface area contributed by atoms with Crippen LogP contribution in [0.15, 0.2) is 67.0 Å². The maximum absolute atomic E-state index is 5.70. The summed E-state index contributed by atoms with van der Waals surface area (Å²) in [6.45, 7) is 4.33. The molecule has 1 aromatic carbocycles. The van der Waals surface area contributed by atoms with Crippen LogP contribution in [-0.4, -0.2) is 32.7 Å². The lowest BCUT2D eigenvalue weighted by Crippen LogP contribution is -2.36. The van der Waals surface area contributed by atoms with Crippen molar-refractivity contribution in [2.45, 2.75) is 32.0 Å². The number of benzene rings is 1. The second-order valence-corrected chi connectivity index (χ2v) is 7.52. The fraction of sp³-hybridized carbons (Fsp3) is 0.273. The monoisotopic (exact) mass is 392 g/mol. The van der Waals surface area contributed by atoms with E-state index in [9.17, 15) is 0 Å². The first-order chi connectivity index (χ1) is 13.6. The topological polar surface area (TPSA) is 42.3 Å². The van der Waals surface area contributed by atoms with Gasteiger partial charge in [0, 0.05) is 35.9 Å². The van der Waals surface area contributed by atoms with Gasteiger partial charge in [0.2, 0.25) is 0 Å². The molecule has 0 aliphatic carbocycles. The predicted octanol–water partition coefficient (Wildman–Crippen LogP) is 4.26. The zero-order valence-corrected chi connectivity index (χ0v) is 17.1. The Morgan fingerprint density at radius 1 is 1.11 bits per heavy atom. The van der Waals surface area contributed by atoms with E-state index in [1.165, 1.54) is 0 Å². The van der Waals surface area contributed by atoms with Gasteiger partial charge in [-0.05, 0) is 62.5 Å². The van der Waals surface area contributed by atoms with Crippen molar-refractivity contribution in [1.29, 1.82) is 0 Å². The summed E-state index contributed by atoms with van der Waals surface area (Å²) in [5, 5.41) is 4.26. The number of aromatic nitrogens is 2. The summed E-state index contributed by atoms with van der Waals surface area (Å²) < 4.78 is 7.62. The van der Waals surface area contributed by atoms with Crippen LogP contribution in [0.25, 0.3) is 5.69 Å². The van der Waals surface area contributed by atoms with Gasteiger partial charge in [0.1, 0.15) is 5.75 Å². The van der Waals surface area contributed by atoms with Gasteiger partial charge in [0.25, 0.3) is 0 Å². The highest BCUT2D eigenvalue weighted by Gasteiger charge is 2.42. The van der Waals surface area contributed by atoms with E-state index in [4.69, 9.17) is 17.0 Å². The standard InChI is InChI=1S/C22H24N4OS/c1-15(2)26-21(20(24-22(26)28)18-10-4-5-12-23-18)19-11-7-13-25(19)16-8-6-9-17(14-16)27-3/h4-15,20-21H,1-3H3,(H,24,28)/t20-,21-/m0/s1. The zero-order chi connectivity index (χ0) is 19.7. The Morgan fingerprint density at radius 3 is 2.68 bits per heavy atom. The Labute approximate surface area is 171 Å². The minimum atomic E-state index is -0.0182. The van der Waals surface area contributed by atoms with Crippen LogP contribution in [0.1, 0.15) is 37.3 Å². The average molecular weight is 393 g/mol. The van der Waals surface area contributed by atoms with Gasteiger partial charge in [0.15, 0.2) is 5.11 Å². The Hall–Kier alpha value is -2.86. The largest absolute Gasteiger partial charge is 0.497 e. The third-order valence-corrected chi connectivity index (χ3v) is 5.44. The minimum absolute atomic E-state index is 0.0182. The molecule has 1 aliphatic rings. The van der Waals surface area contributed by atoms with Crippen molar-refractivity contribution in [3.8, 4) is 11.4 Å². The van der Waals surface area contributed by atoms with Crippen molar-refractivity contribution in [2.75, 3.05) is 7.11 Å². The number of hydrogen-bond acceptors (Lipinski definition) is 3. The molecular formula is C22H24N4OS. The van der Waals surface area contributed by atoms with E-state index in [0.29, 0.717) is 0 Å². The summed E-state index contributed by atoms with van der Waals surface area (Å²) in [5.41, 5.74) is 3.20. The first-order valence-corrected chi connectivity index (χ1v) is 9.82. The van der Waals surface area contributed by atoms with E-state index >= 15 is 0 Å². The van der Waals surface area contributed by atoms with Gasteiger partial charge in [-0.2, -0.15) is 0 Å². The first kappa shape index (κ1) is 18.5. The molecule has 2 aromatic heterocycles. The van der Waals surface area contributed by atoms with Crippen molar-refractivity contribution in [3.05, 3.63) is 78.4 Å². The molecule has 3 heterocycles. The van der Waals surface area contributed by atoms with Crippen LogP contribution >= 0.6 is 12.2 Å². The number of hydrogen-bond donors (Lipinski definition) is 1. The number of thiocarbonyl (C=S) groups is 1. The van der Waals surface area contributed by atoms with Crippen molar-refractivity contribution < 1.29 is 4.74 Å². The van der Waals surface area contributed by atoms with E-state index < -0.39 is 0 Å². The molecule has 0 unspecified atom stereocenters. The highest BCUT2D eigenvalue weighted by Crippen LogP contribution is 2.40. The van der Waals surface area contributed by atoms with Gasteiger partial charge < -0.3 is 19.5 Å². The molecule has 0 radical (unpaired) electrons. The van der Waals surface area contributed by atoms with Gasteiger partial charge in [-0.25, -0.2) is 0 Å². The average Bonchev–Trinajstić information content (AvgIpc) is 3.32. The molecular weight excluding hydrogens is 368 g/mol. The molecule has 28 heavy (non-hydrogen) atoms. The van der Waals surface area contributed by atoms with Gasteiger partial charge in [0.05, 0.1) is 24.9 Å². The summed E-state index contributed by atoms with van der Waals surface area (Å²) >= 11 is 5.70. The second kappa shape index (κ2) is 7.64. The summed E-state index contributed by atoms with van der Waals surface area (Å²) in [6.07, 6.45) is 3.91. The minimum Gasteiger partial charge on any atom is -0.497 e. The summed E-state index contributed by atoms with van der Waals surface area (Å²) in [4.78, 5) is 6.87. The van der Waals surface area contributed by atoms with Crippen LogP contribution in [-0.2, 0) is 0 Å². The smallest absolute Gasteiger partial charge is 0.170 e. The molecule has 0 spiro atoms. The molecule has 144 valence electrons. The molecule has 4 rings (SSSR count). The van der Waals surface area contributed by atoms with E-state index in [-0.39, 0.29) is 18.1 Å². The Balaban J connectivity index is 1.83. The Morgan fingerprint density at radius 2 is 1.96 bits per heavy atom. The molecule has 0 amide bonds. The van der Waals surface area contributed by atoms with Crippen LogP contribution in [0.2, 0.25) is 0 Å². The van der Waals surface area contributed by atoms with Gasteiger partial charge in [-0.15, -0.1) is 0 Å². The molecule has 0 bridgehead atoms. The third-order valence-electron chi connectivity index (χ3n) is 5.11. The number of nitrogens with zero attached hydrogens (tertiary/aromatic N) is 3. The molecule has 1 fully saturated rings. The van der Waals surface area contributed by atoms with Crippen molar-refractivity contribution in [2.24, 2.45) is 0 Å². The molecule has 2 atom stereocenters. The Bertz CT molecular complexity index is 969. The lowest BCUT2D eigenvalue weighted by atomic mass is 10.0. The van der Waals surface area contributed by atoms with Crippen LogP contribution < -0.4 is 10.1 Å². The van der Waals surface area contributed by atoms with E-state index in [2.05, 4.69) is 64.1 Å². The van der Waals surface area contributed by atoms with Crippen LogP contribution in [0, 0.1) is 0 Å². The van der Waals surface area contributed by atoms with Crippen LogP contribution in [0.3, 0.4) is 0 Å². The molecule has 3 aromatic rings. The fourth-order valence-electron chi connectivity index (χ4n) is 3.87. The number of pyridine rings is 1. The lowest BCUT2D eigenvalue weighted by Gasteiger charge is -2.31. The Kier molecular flexibility index (Phi) is 5.05. The number of methoxy groups -OCH3 is 1. The predicted molar refractivity (Wildman–Crippen MR) is 115 cm³/mol. The number of ether oxygens (including phenoxy) is 1. The van der Waals surface area contributed by atoms with Gasteiger partial charge >= 0.3 is 0 Å². The quantitative estimate of drug-likeness (QED) is 0.657. The van der Waals surface area contributed by atoms with Crippen molar-refractivity contribution >= 4 is 17.3 Å². The first-order valence-electron chi connectivity index (χ1n) is 9.41.